The summed E-state index contributed by atoms with van der Waals surface area (Å²) in [7, 11) is -2.66. The molecule has 0 aliphatic heterocycles. The van der Waals surface area contributed by atoms with E-state index in [1.165, 1.54) is 7.05 Å². The van der Waals surface area contributed by atoms with E-state index in [1.807, 2.05) is 0 Å². The lowest BCUT2D eigenvalue weighted by molar-refractivity contribution is -0.137. The molecule has 4 nitrogen and oxygen atoms in total. The molecule has 0 radical (unpaired) electrons. The fourth-order valence-corrected chi connectivity index (χ4v) is 2.55. The summed E-state index contributed by atoms with van der Waals surface area (Å²) < 4.78 is 62.2. The first-order valence-electron chi connectivity index (χ1n) is 5.03. The molecule has 18 heavy (non-hydrogen) atoms. The highest BCUT2D eigenvalue weighted by Crippen LogP contribution is 2.30. The maximum absolute atomic E-state index is 12.5. The Labute approximate surface area is 103 Å². The highest BCUT2D eigenvalue weighted by atomic mass is 32.2. The van der Waals surface area contributed by atoms with Gasteiger partial charge >= 0.3 is 6.18 Å². The predicted octanol–water partition coefficient (Wildman–Crippen LogP) is 1.28. The Morgan fingerprint density at radius 3 is 2.44 bits per heavy atom. The van der Waals surface area contributed by atoms with Gasteiger partial charge in [-0.05, 0) is 18.2 Å². The van der Waals surface area contributed by atoms with Crippen LogP contribution in [0.5, 0.6) is 0 Å². The summed E-state index contributed by atoms with van der Waals surface area (Å²) in [6, 6.07) is 3.62. The van der Waals surface area contributed by atoms with Crippen molar-refractivity contribution in [2.24, 2.45) is 5.73 Å². The zero-order valence-corrected chi connectivity index (χ0v) is 10.4. The van der Waals surface area contributed by atoms with Crippen LogP contribution in [0.15, 0.2) is 29.2 Å². The van der Waals surface area contributed by atoms with Crippen molar-refractivity contribution in [2.45, 2.75) is 11.1 Å². The van der Waals surface area contributed by atoms with Crippen LogP contribution in [0.25, 0.3) is 0 Å². The molecule has 0 unspecified atom stereocenters. The van der Waals surface area contributed by atoms with Crippen molar-refractivity contribution in [3.63, 3.8) is 0 Å². The number of hydrogen-bond donors (Lipinski definition) is 1. The Kier molecular flexibility index (Phi) is 4.36. The summed E-state index contributed by atoms with van der Waals surface area (Å²) in [6.45, 7) is 0.132. The average molecular weight is 282 g/mol. The molecular formula is C10H13F3N2O2S. The van der Waals surface area contributed by atoms with Gasteiger partial charge < -0.3 is 5.73 Å². The van der Waals surface area contributed by atoms with Gasteiger partial charge in [0.05, 0.1) is 10.5 Å². The van der Waals surface area contributed by atoms with E-state index in [0.29, 0.717) is 6.07 Å². The van der Waals surface area contributed by atoms with Gasteiger partial charge in [0.25, 0.3) is 0 Å². The third-order valence-corrected chi connectivity index (χ3v) is 4.17. The first-order chi connectivity index (χ1) is 8.19. The van der Waals surface area contributed by atoms with Gasteiger partial charge in [-0.1, -0.05) is 6.07 Å². The third kappa shape index (κ3) is 3.21. The topological polar surface area (TPSA) is 63.4 Å². The summed E-state index contributed by atoms with van der Waals surface area (Å²) in [5.74, 6) is 0. The van der Waals surface area contributed by atoms with E-state index in [4.69, 9.17) is 5.73 Å². The van der Waals surface area contributed by atoms with Crippen molar-refractivity contribution in [3.05, 3.63) is 29.8 Å². The molecule has 0 saturated carbocycles. The molecule has 2 N–H and O–H groups in total. The molecule has 0 aromatic heterocycles. The molecule has 0 fully saturated rings. The summed E-state index contributed by atoms with van der Waals surface area (Å²) >= 11 is 0. The van der Waals surface area contributed by atoms with Gasteiger partial charge in [0, 0.05) is 20.1 Å². The number of sulfonamides is 1. The monoisotopic (exact) mass is 282 g/mol. The highest BCUT2D eigenvalue weighted by molar-refractivity contribution is 7.89. The molecule has 1 rings (SSSR count). The molecule has 0 aliphatic rings. The minimum Gasteiger partial charge on any atom is -0.329 e. The summed E-state index contributed by atoms with van der Waals surface area (Å²) in [5, 5.41) is 0. The molecule has 8 heteroatoms. The molecule has 0 heterocycles. The normalized spacial score (nSPS) is 13.0. The van der Waals surface area contributed by atoms with Crippen LogP contribution in [-0.2, 0) is 16.2 Å². The van der Waals surface area contributed by atoms with Gasteiger partial charge in [0.15, 0.2) is 0 Å². The van der Waals surface area contributed by atoms with Crippen molar-refractivity contribution in [2.75, 3.05) is 20.1 Å². The van der Waals surface area contributed by atoms with E-state index >= 15 is 0 Å². The Hall–Kier alpha value is -1.12. The number of alkyl halides is 3. The Balaban J connectivity index is 3.18. The minimum atomic E-state index is -4.57. The fourth-order valence-electron chi connectivity index (χ4n) is 1.31. The van der Waals surface area contributed by atoms with Crippen molar-refractivity contribution in [3.8, 4) is 0 Å². The number of nitrogens with two attached hydrogens (primary N) is 1. The van der Waals surface area contributed by atoms with Gasteiger partial charge in [0.2, 0.25) is 10.0 Å². The second kappa shape index (κ2) is 5.25. The average Bonchev–Trinajstić information content (AvgIpc) is 2.28. The zero-order valence-electron chi connectivity index (χ0n) is 9.61. The fraction of sp³-hybridized carbons (Fsp3) is 0.400. The summed E-state index contributed by atoms with van der Waals surface area (Å²) in [6.07, 6.45) is -4.57. The Morgan fingerprint density at radius 1 is 1.33 bits per heavy atom. The molecule has 0 aliphatic carbocycles. The number of nitrogens with zero attached hydrogens (tertiary/aromatic N) is 1. The molecule has 0 amide bonds. The molecule has 1 aromatic carbocycles. The lowest BCUT2D eigenvalue weighted by Crippen LogP contribution is -2.31. The summed E-state index contributed by atoms with van der Waals surface area (Å²) in [5.41, 5.74) is 4.22. The molecule has 0 spiro atoms. The van der Waals surface area contributed by atoms with Gasteiger partial charge in [-0.15, -0.1) is 0 Å². The smallest absolute Gasteiger partial charge is 0.329 e. The van der Waals surface area contributed by atoms with Gasteiger partial charge in [-0.3, -0.25) is 0 Å². The molecule has 0 atom stereocenters. The lowest BCUT2D eigenvalue weighted by Gasteiger charge is -2.17. The second-order valence-electron chi connectivity index (χ2n) is 3.64. The van der Waals surface area contributed by atoms with Crippen LogP contribution in [-0.4, -0.2) is 32.9 Å². The van der Waals surface area contributed by atoms with Crippen LogP contribution in [0.1, 0.15) is 5.56 Å². The number of hydrogen-bond acceptors (Lipinski definition) is 3. The largest absolute Gasteiger partial charge is 0.416 e. The van der Waals surface area contributed by atoms with Crippen molar-refractivity contribution >= 4 is 10.0 Å². The third-order valence-electron chi connectivity index (χ3n) is 2.31. The van der Waals surface area contributed by atoms with E-state index in [-0.39, 0.29) is 13.1 Å². The van der Waals surface area contributed by atoms with Crippen molar-refractivity contribution in [1.29, 1.82) is 0 Å². The SMILES string of the molecule is CN(CCN)S(=O)(=O)c1cccc(C(F)(F)F)c1. The van der Waals surface area contributed by atoms with Crippen LogP contribution in [0.3, 0.4) is 0 Å². The number of benzene rings is 1. The van der Waals surface area contributed by atoms with Crippen LogP contribution >= 0.6 is 0 Å². The maximum Gasteiger partial charge on any atom is 0.416 e. The lowest BCUT2D eigenvalue weighted by atomic mass is 10.2. The predicted molar refractivity (Wildman–Crippen MR) is 60.3 cm³/mol. The summed E-state index contributed by atoms with van der Waals surface area (Å²) in [4.78, 5) is -0.395. The van der Waals surface area contributed by atoms with Crippen LogP contribution in [0, 0.1) is 0 Å². The van der Waals surface area contributed by atoms with Crippen molar-refractivity contribution in [1.82, 2.24) is 4.31 Å². The van der Waals surface area contributed by atoms with E-state index < -0.39 is 26.7 Å². The van der Waals surface area contributed by atoms with E-state index in [1.54, 1.807) is 0 Å². The van der Waals surface area contributed by atoms with Gasteiger partial charge in [0.1, 0.15) is 0 Å². The molecule has 0 bridgehead atoms. The van der Waals surface area contributed by atoms with Crippen LogP contribution in [0.2, 0.25) is 0 Å². The van der Waals surface area contributed by atoms with E-state index in [9.17, 15) is 21.6 Å². The van der Waals surface area contributed by atoms with Gasteiger partial charge in [-0.2, -0.15) is 17.5 Å². The van der Waals surface area contributed by atoms with Crippen LogP contribution in [0.4, 0.5) is 13.2 Å². The number of rotatable bonds is 4. The maximum atomic E-state index is 12.5. The second-order valence-corrected chi connectivity index (χ2v) is 5.69. The van der Waals surface area contributed by atoms with Gasteiger partial charge in [-0.25, -0.2) is 8.42 Å². The number of halogens is 3. The van der Waals surface area contributed by atoms with E-state index in [2.05, 4.69) is 0 Å². The number of likely N-dealkylation sites (N-methyl/N-ethyl adjacent to an activating group) is 1. The zero-order chi connectivity index (χ0) is 14.0. The van der Waals surface area contributed by atoms with Crippen LogP contribution < -0.4 is 5.73 Å². The molecular weight excluding hydrogens is 269 g/mol. The Morgan fingerprint density at radius 2 is 1.94 bits per heavy atom. The van der Waals surface area contributed by atoms with Crippen molar-refractivity contribution < 1.29 is 21.6 Å². The Bertz CT molecular complexity index is 514. The first-order valence-corrected chi connectivity index (χ1v) is 6.47. The quantitative estimate of drug-likeness (QED) is 0.905. The standard InChI is InChI=1S/C10H13F3N2O2S/c1-15(6-5-14)18(16,17)9-4-2-3-8(7-9)10(11,12)13/h2-4,7H,5-6,14H2,1H3. The highest BCUT2D eigenvalue weighted by Gasteiger charge is 2.32. The molecule has 0 saturated heterocycles. The molecule has 1 aromatic rings. The molecule has 102 valence electrons. The minimum absolute atomic E-state index is 0.0403. The first kappa shape index (κ1) is 14.9. The van der Waals surface area contributed by atoms with E-state index in [0.717, 1.165) is 22.5 Å².